The second kappa shape index (κ2) is 5.74. The molecular weight excluding hydrogens is 224 g/mol. The maximum absolute atomic E-state index is 11.5. The SMILES string of the molecule is C=CCC(C(=O)OC)c1ccc([N+](=O)[O-])cn1. The molecule has 0 spiro atoms. The van der Waals surface area contributed by atoms with Gasteiger partial charge in [0.25, 0.3) is 5.69 Å². The third-order valence-electron chi connectivity index (χ3n) is 2.23. The zero-order valence-corrected chi connectivity index (χ0v) is 9.33. The second-order valence-electron chi connectivity index (χ2n) is 3.30. The van der Waals surface area contributed by atoms with Crippen LogP contribution in [-0.2, 0) is 9.53 Å². The summed E-state index contributed by atoms with van der Waals surface area (Å²) in [5, 5.41) is 10.5. The maximum Gasteiger partial charge on any atom is 0.315 e. The fraction of sp³-hybridized carbons (Fsp3) is 0.273. The molecular formula is C11H12N2O4. The molecule has 0 saturated carbocycles. The van der Waals surface area contributed by atoms with Crippen molar-refractivity contribution in [1.29, 1.82) is 0 Å². The molecule has 0 aliphatic carbocycles. The van der Waals surface area contributed by atoms with Crippen molar-refractivity contribution in [2.24, 2.45) is 0 Å². The van der Waals surface area contributed by atoms with E-state index in [1.165, 1.54) is 19.2 Å². The fourth-order valence-corrected chi connectivity index (χ4v) is 1.36. The van der Waals surface area contributed by atoms with Gasteiger partial charge in [-0.15, -0.1) is 6.58 Å². The van der Waals surface area contributed by atoms with Crippen LogP contribution in [0.4, 0.5) is 5.69 Å². The van der Waals surface area contributed by atoms with Crippen LogP contribution in [0.15, 0.2) is 31.0 Å². The number of ether oxygens (including phenoxy) is 1. The Balaban J connectivity index is 2.98. The predicted molar refractivity (Wildman–Crippen MR) is 60.5 cm³/mol. The molecule has 1 aromatic rings. The Labute approximate surface area is 98.1 Å². The molecule has 0 aliphatic rings. The highest BCUT2D eigenvalue weighted by molar-refractivity contribution is 5.77. The third-order valence-corrected chi connectivity index (χ3v) is 2.23. The van der Waals surface area contributed by atoms with E-state index in [4.69, 9.17) is 0 Å². The Morgan fingerprint density at radius 1 is 1.71 bits per heavy atom. The van der Waals surface area contributed by atoms with Crippen LogP contribution in [0, 0.1) is 10.1 Å². The lowest BCUT2D eigenvalue weighted by Crippen LogP contribution is -2.15. The number of aromatic nitrogens is 1. The minimum absolute atomic E-state index is 0.115. The smallest absolute Gasteiger partial charge is 0.315 e. The minimum atomic E-state index is -0.571. The zero-order chi connectivity index (χ0) is 12.8. The quantitative estimate of drug-likeness (QED) is 0.337. The van der Waals surface area contributed by atoms with Crippen molar-refractivity contribution in [3.8, 4) is 0 Å². The average molecular weight is 236 g/mol. The van der Waals surface area contributed by atoms with E-state index < -0.39 is 16.8 Å². The number of methoxy groups -OCH3 is 1. The van der Waals surface area contributed by atoms with Crippen LogP contribution in [0.2, 0.25) is 0 Å². The van der Waals surface area contributed by atoms with Gasteiger partial charge in [-0.3, -0.25) is 19.9 Å². The van der Waals surface area contributed by atoms with Gasteiger partial charge in [-0.1, -0.05) is 6.08 Å². The first-order valence-electron chi connectivity index (χ1n) is 4.89. The first-order valence-corrected chi connectivity index (χ1v) is 4.89. The highest BCUT2D eigenvalue weighted by Crippen LogP contribution is 2.21. The van der Waals surface area contributed by atoms with E-state index in [1.807, 2.05) is 0 Å². The van der Waals surface area contributed by atoms with Crippen LogP contribution in [0.1, 0.15) is 18.0 Å². The molecule has 0 amide bonds. The Morgan fingerprint density at radius 3 is 2.82 bits per heavy atom. The molecule has 6 heteroatoms. The molecule has 1 heterocycles. The largest absolute Gasteiger partial charge is 0.468 e. The van der Waals surface area contributed by atoms with E-state index in [1.54, 1.807) is 6.08 Å². The first-order chi connectivity index (χ1) is 8.10. The number of hydrogen-bond acceptors (Lipinski definition) is 5. The fourth-order valence-electron chi connectivity index (χ4n) is 1.36. The van der Waals surface area contributed by atoms with Crippen molar-refractivity contribution >= 4 is 11.7 Å². The van der Waals surface area contributed by atoms with Gasteiger partial charge in [-0.2, -0.15) is 0 Å². The molecule has 1 atom stereocenters. The molecule has 0 radical (unpaired) electrons. The van der Waals surface area contributed by atoms with Gasteiger partial charge < -0.3 is 4.74 Å². The number of hydrogen-bond donors (Lipinski definition) is 0. The molecule has 0 bridgehead atoms. The number of carbonyl (C=O) groups excluding carboxylic acids is 1. The molecule has 6 nitrogen and oxygen atoms in total. The lowest BCUT2D eigenvalue weighted by molar-refractivity contribution is -0.385. The Morgan fingerprint density at radius 2 is 2.41 bits per heavy atom. The second-order valence-corrected chi connectivity index (χ2v) is 3.30. The summed E-state index contributed by atoms with van der Waals surface area (Å²) in [6.45, 7) is 3.54. The summed E-state index contributed by atoms with van der Waals surface area (Å²) in [6.07, 6.45) is 3.07. The van der Waals surface area contributed by atoms with Gasteiger partial charge in [0, 0.05) is 6.07 Å². The number of carbonyl (C=O) groups is 1. The molecule has 0 aromatic carbocycles. The molecule has 1 aromatic heterocycles. The summed E-state index contributed by atoms with van der Waals surface area (Å²) in [5.74, 6) is -1.01. The topological polar surface area (TPSA) is 82.3 Å². The van der Waals surface area contributed by atoms with Crippen molar-refractivity contribution in [2.45, 2.75) is 12.3 Å². The van der Waals surface area contributed by atoms with E-state index in [2.05, 4.69) is 16.3 Å². The predicted octanol–water partition coefficient (Wildman–Crippen LogP) is 1.82. The van der Waals surface area contributed by atoms with E-state index in [0.717, 1.165) is 6.20 Å². The molecule has 1 unspecified atom stereocenters. The number of nitro groups is 1. The molecule has 0 fully saturated rings. The summed E-state index contributed by atoms with van der Waals surface area (Å²) < 4.78 is 4.64. The molecule has 90 valence electrons. The summed E-state index contributed by atoms with van der Waals surface area (Å²) in [7, 11) is 1.28. The number of rotatable bonds is 5. The van der Waals surface area contributed by atoms with Crippen LogP contribution >= 0.6 is 0 Å². The van der Waals surface area contributed by atoms with E-state index in [-0.39, 0.29) is 5.69 Å². The number of nitrogens with zero attached hydrogens (tertiary/aromatic N) is 2. The molecule has 1 rings (SSSR count). The lowest BCUT2D eigenvalue weighted by Gasteiger charge is -2.11. The van der Waals surface area contributed by atoms with Gasteiger partial charge in [0.1, 0.15) is 12.1 Å². The summed E-state index contributed by atoms with van der Waals surface area (Å²) in [4.78, 5) is 25.3. The van der Waals surface area contributed by atoms with Crippen molar-refractivity contribution < 1.29 is 14.5 Å². The minimum Gasteiger partial charge on any atom is -0.468 e. The van der Waals surface area contributed by atoms with E-state index >= 15 is 0 Å². The van der Waals surface area contributed by atoms with Crippen LogP contribution in [0.25, 0.3) is 0 Å². The molecule has 0 saturated heterocycles. The maximum atomic E-state index is 11.5. The van der Waals surface area contributed by atoms with Crippen LogP contribution < -0.4 is 0 Å². The Hall–Kier alpha value is -2.24. The van der Waals surface area contributed by atoms with Crippen LogP contribution in [-0.4, -0.2) is 23.0 Å². The van der Waals surface area contributed by atoms with Gasteiger partial charge in [-0.25, -0.2) is 0 Å². The van der Waals surface area contributed by atoms with Crippen LogP contribution in [0.5, 0.6) is 0 Å². The first kappa shape index (κ1) is 12.8. The van der Waals surface area contributed by atoms with Gasteiger partial charge in [-0.05, 0) is 12.5 Å². The van der Waals surface area contributed by atoms with Gasteiger partial charge >= 0.3 is 5.97 Å². The highest BCUT2D eigenvalue weighted by atomic mass is 16.6. The average Bonchev–Trinajstić information content (AvgIpc) is 2.35. The number of allylic oxidation sites excluding steroid dienone is 1. The summed E-state index contributed by atoms with van der Waals surface area (Å²) in [5.41, 5.74) is 0.318. The van der Waals surface area contributed by atoms with E-state index in [9.17, 15) is 14.9 Å². The Bertz CT molecular complexity index is 428. The molecule has 0 aliphatic heterocycles. The van der Waals surface area contributed by atoms with Crippen molar-refractivity contribution in [1.82, 2.24) is 4.98 Å². The third kappa shape index (κ3) is 3.10. The summed E-state index contributed by atoms with van der Waals surface area (Å²) >= 11 is 0. The highest BCUT2D eigenvalue weighted by Gasteiger charge is 2.22. The van der Waals surface area contributed by atoms with Gasteiger partial charge in [0.2, 0.25) is 0 Å². The lowest BCUT2D eigenvalue weighted by atomic mass is 10.0. The monoisotopic (exact) mass is 236 g/mol. The van der Waals surface area contributed by atoms with Crippen molar-refractivity contribution in [3.05, 3.63) is 46.8 Å². The Kier molecular flexibility index (Phi) is 4.33. The standard InChI is InChI=1S/C11H12N2O4/c1-3-4-9(11(14)17-2)10-6-5-8(7-12-10)13(15)16/h3,5-7,9H,1,4H2,2H3. The van der Waals surface area contributed by atoms with Crippen molar-refractivity contribution in [3.63, 3.8) is 0 Å². The molecule has 0 N–H and O–H groups in total. The summed E-state index contributed by atoms with van der Waals surface area (Å²) in [6, 6.07) is 2.75. The van der Waals surface area contributed by atoms with Crippen LogP contribution in [0.3, 0.4) is 0 Å². The van der Waals surface area contributed by atoms with Crippen molar-refractivity contribution in [2.75, 3.05) is 7.11 Å². The number of pyridine rings is 1. The van der Waals surface area contributed by atoms with Gasteiger partial charge in [0.15, 0.2) is 0 Å². The molecule has 17 heavy (non-hydrogen) atoms. The number of esters is 1. The zero-order valence-electron chi connectivity index (χ0n) is 9.33. The van der Waals surface area contributed by atoms with Gasteiger partial charge in [0.05, 0.1) is 17.7 Å². The van der Waals surface area contributed by atoms with E-state index in [0.29, 0.717) is 12.1 Å². The normalized spacial score (nSPS) is 11.6.